The number of carbonyl (C=O) groups is 3. The van der Waals surface area contributed by atoms with Crippen LogP contribution in [0.3, 0.4) is 0 Å². The van der Waals surface area contributed by atoms with E-state index in [0.717, 1.165) is 28.0 Å². The van der Waals surface area contributed by atoms with Crippen LogP contribution < -0.4 is 10.1 Å². The molecule has 236 valence electrons. The van der Waals surface area contributed by atoms with E-state index < -0.39 is 12.0 Å². The summed E-state index contributed by atoms with van der Waals surface area (Å²) in [4.78, 5) is 41.4. The molecule has 0 bridgehead atoms. The molecular formula is C37H42N2O6. The normalized spacial score (nSPS) is 20.9. The van der Waals surface area contributed by atoms with Gasteiger partial charge in [-0.1, -0.05) is 78.9 Å². The smallest absolute Gasteiger partial charge is 0.305 e. The lowest BCUT2D eigenvalue weighted by Crippen LogP contribution is -2.48. The second kappa shape index (κ2) is 16.0. The number of amides is 2. The number of carbonyl (C=O) groups excluding carboxylic acids is 3. The Balaban J connectivity index is 1.26. The molecule has 0 unspecified atom stereocenters. The van der Waals surface area contributed by atoms with Crippen molar-refractivity contribution < 1.29 is 29.0 Å². The second-order valence-corrected chi connectivity index (χ2v) is 11.8. The number of benzene rings is 3. The van der Waals surface area contributed by atoms with Crippen LogP contribution >= 0.6 is 0 Å². The number of aliphatic hydroxyl groups is 1. The lowest BCUT2D eigenvalue weighted by molar-refractivity contribution is -0.145. The summed E-state index contributed by atoms with van der Waals surface area (Å²) in [6.07, 6.45) is 6.99. The molecule has 0 radical (unpaired) electrons. The topological polar surface area (TPSA) is 105 Å². The standard InChI is InChI=1S/C37H42N2O6/c40-24-33-21-29-12-8-9-14-31(29)23-39(33)35(41)22-30-13-6-1-2-7-15-36(42)45-26-32(38-37(30)43)20-27-16-18-34(19-17-27)44-25-28-10-4-3-5-11-28/h1,3-6,8-12,14,16-19,30,32-33,40H,2,7,13,15,20-26H2,(H,38,43)/t30-,32+,33+/m1/s1. The first-order valence-corrected chi connectivity index (χ1v) is 15.8. The highest BCUT2D eigenvalue weighted by molar-refractivity contribution is 5.86. The van der Waals surface area contributed by atoms with Gasteiger partial charge >= 0.3 is 5.97 Å². The van der Waals surface area contributed by atoms with Gasteiger partial charge in [0.25, 0.3) is 0 Å². The number of ether oxygens (including phenoxy) is 2. The third kappa shape index (κ3) is 9.28. The molecule has 0 fully saturated rings. The highest BCUT2D eigenvalue weighted by atomic mass is 16.5. The number of rotatable bonds is 8. The minimum atomic E-state index is -0.599. The van der Waals surface area contributed by atoms with E-state index in [-0.39, 0.29) is 43.5 Å². The van der Waals surface area contributed by atoms with Crippen molar-refractivity contribution in [1.82, 2.24) is 10.2 Å². The zero-order valence-electron chi connectivity index (χ0n) is 25.6. The van der Waals surface area contributed by atoms with E-state index in [0.29, 0.717) is 51.7 Å². The number of hydrogen-bond acceptors (Lipinski definition) is 6. The first kappa shape index (κ1) is 32.0. The van der Waals surface area contributed by atoms with Crippen molar-refractivity contribution in [2.75, 3.05) is 13.2 Å². The van der Waals surface area contributed by atoms with E-state index in [1.165, 1.54) is 0 Å². The third-order valence-corrected chi connectivity index (χ3v) is 8.46. The highest BCUT2D eigenvalue weighted by Crippen LogP contribution is 2.26. The molecule has 3 aromatic carbocycles. The van der Waals surface area contributed by atoms with E-state index in [1.54, 1.807) is 4.90 Å². The van der Waals surface area contributed by atoms with Crippen molar-refractivity contribution >= 4 is 17.8 Å². The molecule has 0 saturated heterocycles. The lowest BCUT2D eigenvalue weighted by atomic mass is 9.92. The fourth-order valence-corrected chi connectivity index (χ4v) is 5.88. The molecule has 5 rings (SSSR count). The molecule has 2 aliphatic rings. The van der Waals surface area contributed by atoms with Gasteiger partial charge in [0.2, 0.25) is 11.8 Å². The maximum atomic E-state index is 13.7. The van der Waals surface area contributed by atoms with Crippen LogP contribution in [0, 0.1) is 5.92 Å². The van der Waals surface area contributed by atoms with Gasteiger partial charge in [0.1, 0.15) is 19.0 Å². The van der Waals surface area contributed by atoms with Gasteiger partial charge in [-0.25, -0.2) is 0 Å². The predicted molar refractivity (Wildman–Crippen MR) is 171 cm³/mol. The van der Waals surface area contributed by atoms with Crippen LogP contribution in [0.4, 0.5) is 0 Å². The zero-order valence-corrected chi connectivity index (χ0v) is 25.6. The molecule has 2 amide bonds. The summed E-state index contributed by atoms with van der Waals surface area (Å²) in [5.41, 5.74) is 4.23. The Morgan fingerprint density at radius 2 is 1.69 bits per heavy atom. The van der Waals surface area contributed by atoms with Crippen LogP contribution in [0.5, 0.6) is 5.75 Å². The summed E-state index contributed by atoms with van der Waals surface area (Å²) in [6.45, 7) is 0.779. The van der Waals surface area contributed by atoms with Crippen molar-refractivity contribution in [1.29, 1.82) is 0 Å². The number of nitrogens with zero attached hydrogens (tertiary/aromatic N) is 1. The molecule has 2 N–H and O–H groups in total. The van der Waals surface area contributed by atoms with E-state index in [4.69, 9.17) is 9.47 Å². The van der Waals surface area contributed by atoms with E-state index >= 15 is 0 Å². The lowest BCUT2D eigenvalue weighted by Gasteiger charge is -2.36. The Kier molecular flexibility index (Phi) is 11.4. The summed E-state index contributed by atoms with van der Waals surface area (Å²) in [5.74, 6) is -0.568. The molecule has 0 spiro atoms. The number of nitrogens with one attached hydrogen (secondary N) is 1. The highest BCUT2D eigenvalue weighted by Gasteiger charge is 2.32. The van der Waals surface area contributed by atoms with Gasteiger partial charge in [0.15, 0.2) is 0 Å². The molecule has 3 aromatic rings. The Morgan fingerprint density at radius 3 is 2.47 bits per heavy atom. The summed E-state index contributed by atoms with van der Waals surface area (Å²) >= 11 is 0. The average molecular weight is 611 g/mol. The van der Waals surface area contributed by atoms with Gasteiger partial charge in [0, 0.05) is 19.4 Å². The first-order chi connectivity index (χ1) is 22.0. The van der Waals surface area contributed by atoms with Crippen LogP contribution in [0.1, 0.15) is 54.4 Å². The van der Waals surface area contributed by atoms with Crippen molar-refractivity contribution in [3.63, 3.8) is 0 Å². The Hall–Kier alpha value is -4.43. The fourth-order valence-electron chi connectivity index (χ4n) is 5.88. The minimum absolute atomic E-state index is 0.0226. The van der Waals surface area contributed by atoms with Crippen LogP contribution in [0.25, 0.3) is 0 Å². The molecule has 3 atom stereocenters. The second-order valence-electron chi connectivity index (χ2n) is 11.8. The molecule has 0 saturated carbocycles. The van der Waals surface area contributed by atoms with Crippen LogP contribution in [0.2, 0.25) is 0 Å². The number of esters is 1. The Labute approximate surface area is 265 Å². The predicted octanol–water partition coefficient (Wildman–Crippen LogP) is 4.92. The minimum Gasteiger partial charge on any atom is -0.489 e. The van der Waals surface area contributed by atoms with Gasteiger partial charge in [0.05, 0.1) is 24.6 Å². The van der Waals surface area contributed by atoms with E-state index in [1.807, 2.05) is 91.0 Å². The van der Waals surface area contributed by atoms with E-state index in [9.17, 15) is 19.5 Å². The van der Waals surface area contributed by atoms with Crippen molar-refractivity contribution in [2.45, 2.75) is 70.2 Å². The van der Waals surface area contributed by atoms with Gasteiger partial charge in [-0.2, -0.15) is 0 Å². The summed E-state index contributed by atoms with van der Waals surface area (Å²) in [5, 5.41) is 13.2. The third-order valence-electron chi connectivity index (χ3n) is 8.46. The quantitative estimate of drug-likeness (QED) is 0.277. The summed E-state index contributed by atoms with van der Waals surface area (Å²) in [6, 6.07) is 24.8. The molecule has 8 heteroatoms. The van der Waals surface area contributed by atoms with E-state index in [2.05, 4.69) is 5.32 Å². The maximum absolute atomic E-state index is 13.7. The average Bonchev–Trinajstić information content (AvgIpc) is 3.08. The van der Waals surface area contributed by atoms with Gasteiger partial charge in [-0.3, -0.25) is 14.4 Å². The Bertz CT molecular complexity index is 1460. The SMILES string of the molecule is O=C1CCCC=CC[C@H](CC(=O)N2Cc3ccccc3C[C@H]2CO)C(=O)N[C@@H](Cc2ccc(OCc3ccccc3)cc2)CO1. The van der Waals surface area contributed by atoms with Crippen molar-refractivity contribution in [2.24, 2.45) is 5.92 Å². The summed E-state index contributed by atoms with van der Waals surface area (Å²) in [7, 11) is 0. The molecule has 45 heavy (non-hydrogen) atoms. The number of fused-ring (bicyclic) bond motifs is 1. The molecule has 2 aliphatic heterocycles. The number of aliphatic hydroxyl groups excluding tert-OH is 1. The fraction of sp³-hybridized carbons (Fsp3) is 0.378. The number of cyclic esters (lactones) is 1. The zero-order chi connectivity index (χ0) is 31.4. The number of hydrogen-bond donors (Lipinski definition) is 2. The monoisotopic (exact) mass is 610 g/mol. The van der Waals surface area contributed by atoms with Gasteiger partial charge in [-0.15, -0.1) is 0 Å². The van der Waals surface area contributed by atoms with Gasteiger partial charge < -0.3 is 24.8 Å². The molecular weight excluding hydrogens is 568 g/mol. The van der Waals surface area contributed by atoms with Crippen LogP contribution in [0.15, 0.2) is 91.0 Å². The maximum Gasteiger partial charge on any atom is 0.305 e. The molecule has 0 aliphatic carbocycles. The molecule has 2 heterocycles. The largest absolute Gasteiger partial charge is 0.489 e. The summed E-state index contributed by atoms with van der Waals surface area (Å²) < 4.78 is 11.5. The number of allylic oxidation sites excluding steroid dienone is 2. The van der Waals surface area contributed by atoms with Gasteiger partial charge in [-0.05, 0) is 66.5 Å². The van der Waals surface area contributed by atoms with Crippen LogP contribution in [-0.4, -0.2) is 53.1 Å². The first-order valence-electron chi connectivity index (χ1n) is 15.8. The van der Waals surface area contributed by atoms with Crippen molar-refractivity contribution in [3.05, 3.63) is 113 Å². The molecule has 8 nitrogen and oxygen atoms in total. The van der Waals surface area contributed by atoms with Crippen LogP contribution in [-0.2, 0) is 45.1 Å². The van der Waals surface area contributed by atoms with Crippen molar-refractivity contribution in [3.8, 4) is 5.75 Å². The molecule has 0 aromatic heterocycles. The Morgan fingerprint density at radius 1 is 0.933 bits per heavy atom.